The number of rotatable bonds is 3. The molecular weight excluding hydrogens is 314 g/mol. The van der Waals surface area contributed by atoms with Crippen LogP contribution in [-0.4, -0.2) is 30.5 Å². The third kappa shape index (κ3) is 4.59. The van der Waals surface area contributed by atoms with Gasteiger partial charge in [0.25, 0.3) is 5.91 Å². The smallest absolute Gasteiger partial charge is 0.416 e. The van der Waals surface area contributed by atoms with Gasteiger partial charge in [0, 0.05) is 13.1 Å². The second-order valence-electron chi connectivity index (χ2n) is 6.18. The maximum atomic E-state index is 13.6. The fourth-order valence-corrected chi connectivity index (χ4v) is 2.89. The van der Waals surface area contributed by atoms with E-state index >= 15 is 0 Å². The van der Waals surface area contributed by atoms with Gasteiger partial charge in [-0.1, -0.05) is 13.8 Å². The van der Waals surface area contributed by atoms with Gasteiger partial charge in [-0.05, 0) is 36.5 Å². The Bertz CT molecular complexity index is 564. The number of nitrogens with zero attached hydrogens (tertiary/aromatic N) is 1. The molecule has 1 amide bonds. The molecule has 2 unspecified atom stereocenters. The van der Waals surface area contributed by atoms with Gasteiger partial charge in [-0.25, -0.2) is 4.39 Å². The Kier molecular flexibility index (Phi) is 5.16. The van der Waals surface area contributed by atoms with Crippen molar-refractivity contribution in [3.63, 3.8) is 0 Å². The third-order valence-corrected chi connectivity index (χ3v) is 3.83. The molecule has 0 saturated carbocycles. The molecule has 1 heterocycles. The first-order valence-corrected chi connectivity index (χ1v) is 7.44. The van der Waals surface area contributed by atoms with E-state index in [1.165, 1.54) is 0 Å². The Labute approximate surface area is 132 Å². The molecule has 3 nitrogen and oxygen atoms in total. The SMILES string of the molecule is CC1CC(C)CN(C(=O)COc2cc(C(F)(F)F)ccc2F)C1. The van der Waals surface area contributed by atoms with Crippen molar-refractivity contribution in [2.24, 2.45) is 11.8 Å². The van der Waals surface area contributed by atoms with Crippen LogP contribution in [0.4, 0.5) is 17.6 Å². The van der Waals surface area contributed by atoms with Gasteiger partial charge >= 0.3 is 6.18 Å². The molecule has 1 aromatic carbocycles. The van der Waals surface area contributed by atoms with Gasteiger partial charge in [0.2, 0.25) is 0 Å². The summed E-state index contributed by atoms with van der Waals surface area (Å²) in [6.45, 7) is 4.75. The van der Waals surface area contributed by atoms with E-state index in [0.717, 1.165) is 6.42 Å². The second-order valence-corrected chi connectivity index (χ2v) is 6.18. The van der Waals surface area contributed by atoms with Crippen molar-refractivity contribution in [3.8, 4) is 5.75 Å². The van der Waals surface area contributed by atoms with Crippen molar-refractivity contribution in [3.05, 3.63) is 29.6 Å². The summed E-state index contributed by atoms with van der Waals surface area (Å²) in [5.41, 5.74) is -1.01. The van der Waals surface area contributed by atoms with Crippen LogP contribution in [0.2, 0.25) is 0 Å². The van der Waals surface area contributed by atoms with E-state index in [2.05, 4.69) is 0 Å². The minimum atomic E-state index is -4.59. The van der Waals surface area contributed by atoms with Crippen molar-refractivity contribution < 1.29 is 27.1 Å². The molecule has 0 N–H and O–H groups in total. The van der Waals surface area contributed by atoms with Crippen molar-refractivity contribution >= 4 is 5.91 Å². The molecule has 2 rings (SSSR count). The van der Waals surface area contributed by atoms with Crippen molar-refractivity contribution in [2.45, 2.75) is 26.4 Å². The first-order valence-electron chi connectivity index (χ1n) is 7.44. The van der Waals surface area contributed by atoms with Crippen molar-refractivity contribution in [2.75, 3.05) is 19.7 Å². The van der Waals surface area contributed by atoms with Gasteiger partial charge < -0.3 is 9.64 Å². The zero-order valence-electron chi connectivity index (χ0n) is 13.0. The van der Waals surface area contributed by atoms with Crippen LogP contribution in [0.5, 0.6) is 5.75 Å². The van der Waals surface area contributed by atoms with Gasteiger partial charge in [-0.2, -0.15) is 13.2 Å². The lowest BCUT2D eigenvalue weighted by Crippen LogP contribution is -2.44. The number of benzene rings is 1. The Hall–Kier alpha value is -1.79. The first kappa shape index (κ1) is 17.6. The van der Waals surface area contributed by atoms with Crippen LogP contribution in [0, 0.1) is 17.7 Å². The number of hydrogen-bond donors (Lipinski definition) is 0. The normalized spacial score (nSPS) is 22.1. The molecule has 0 radical (unpaired) electrons. The summed E-state index contributed by atoms with van der Waals surface area (Å²) in [4.78, 5) is 13.7. The molecule has 23 heavy (non-hydrogen) atoms. The number of hydrogen-bond acceptors (Lipinski definition) is 2. The molecule has 0 aliphatic carbocycles. The number of carbonyl (C=O) groups is 1. The summed E-state index contributed by atoms with van der Waals surface area (Å²) < 4.78 is 56.4. The molecule has 128 valence electrons. The summed E-state index contributed by atoms with van der Waals surface area (Å²) >= 11 is 0. The number of piperidine rings is 1. The predicted molar refractivity (Wildman–Crippen MR) is 76.4 cm³/mol. The monoisotopic (exact) mass is 333 g/mol. The standard InChI is InChI=1S/C16H19F4NO2/c1-10-5-11(2)8-21(7-10)15(22)9-23-14-6-12(16(18,19)20)3-4-13(14)17/h3-4,6,10-11H,5,7-9H2,1-2H3. The Morgan fingerprint density at radius 2 is 1.87 bits per heavy atom. The maximum absolute atomic E-state index is 13.6. The maximum Gasteiger partial charge on any atom is 0.416 e. The number of amides is 1. The molecule has 7 heteroatoms. The summed E-state index contributed by atoms with van der Waals surface area (Å²) in [5.74, 6) is -1.13. The third-order valence-electron chi connectivity index (χ3n) is 3.83. The highest BCUT2D eigenvalue weighted by Crippen LogP contribution is 2.32. The van der Waals surface area contributed by atoms with Crippen LogP contribution in [0.1, 0.15) is 25.8 Å². The lowest BCUT2D eigenvalue weighted by Gasteiger charge is -2.34. The number of carbonyl (C=O) groups excluding carboxylic acids is 1. The van der Waals surface area contributed by atoms with E-state index in [0.29, 0.717) is 43.1 Å². The summed E-state index contributed by atoms with van der Waals surface area (Å²) in [6.07, 6.45) is -3.57. The highest BCUT2D eigenvalue weighted by molar-refractivity contribution is 5.77. The number of alkyl halides is 3. The minimum absolute atomic E-state index is 0.347. The van der Waals surface area contributed by atoms with Crippen LogP contribution in [0.15, 0.2) is 18.2 Å². The van der Waals surface area contributed by atoms with E-state index in [9.17, 15) is 22.4 Å². The summed E-state index contributed by atoms with van der Waals surface area (Å²) in [6, 6.07) is 1.90. The topological polar surface area (TPSA) is 29.5 Å². The lowest BCUT2D eigenvalue weighted by atomic mass is 9.92. The summed E-state index contributed by atoms with van der Waals surface area (Å²) in [5, 5.41) is 0. The fourth-order valence-electron chi connectivity index (χ4n) is 2.89. The minimum Gasteiger partial charge on any atom is -0.481 e. The van der Waals surface area contributed by atoms with E-state index in [1.807, 2.05) is 13.8 Å². The van der Waals surface area contributed by atoms with E-state index in [4.69, 9.17) is 4.74 Å². The van der Waals surface area contributed by atoms with Crippen LogP contribution >= 0.6 is 0 Å². The van der Waals surface area contributed by atoms with Gasteiger partial charge in [-0.3, -0.25) is 4.79 Å². The molecule has 2 atom stereocenters. The lowest BCUT2D eigenvalue weighted by molar-refractivity contribution is -0.137. The average molecular weight is 333 g/mol. The van der Waals surface area contributed by atoms with Gasteiger partial charge in [0.1, 0.15) is 0 Å². The fraction of sp³-hybridized carbons (Fsp3) is 0.562. The molecule has 1 aliphatic rings. The van der Waals surface area contributed by atoms with Gasteiger partial charge in [0.05, 0.1) is 5.56 Å². The van der Waals surface area contributed by atoms with Crippen molar-refractivity contribution in [1.29, 1.82) is 0 Å². The van der Waals surface area contributed by atoms with Gasteiger partial charge in [0.15, 0.2) is 18.2 Å². The largest absolute Gasteiger partial charge is 0.481 e. The predicted octanol–water partition coefficient (Wildman–Crippen LogP) is 3.73. The highest BCUT2D eigenvalue weighted by Gasteiger charge is 2.32. The van der Waals surface area contributed by atoms with Crippen LogP contribution in [-0.2, 0) is 11.0 Å². The molecular formula is C16H19F4NO2. The Balaban J connectivity index is 2.01. The zero-order valence-corrected chi connectivity index (χ0v) is 13.0. The molecule has 0 spiro atoms. The number of likely N-dealkylation sites (tertiary alicyclic amines) is 1. The quantitative estimate of drug-likeness (QED) is 0.789. The van der Waals surface area contributed by atoms with Crippen molar-refractivity contribution in [1.82, 2.24) is 4.90 Å². The zero-order chi connectivity index (χ0) is 17.2. The second kappa shape index (κ2) is 6.76. The van der Waals surface area contributed by atoms with Crippen LogP contribution in [0.25, 0.3) is 0 Å². The molecule has 1 aliphatic heterocycles. The van der Waals surface area contributed by atoms with Crippen LogP contribution < -0.4 is 4.74 Å². The molecule has 1 saturated heterocycles. The number of ether oxygens (including phenoxy) is 1. The number of halogens is 4. The van der Waals surface area contributed by atoms with E-state index in [1.54, 1.807) is 4.90 Å². The van der Waals surface area contributed by atoms with E-state index < -0.39 is 29.9 Å². The average Bonchev–Trinajstić information content (AvgIpc) is 2.43. The first-order chi connectivity index (χ1) is 10.7. The van der Waals surface area contributed by atoms with Crippen LogP contribution in [0.3, 0.4) is 0 Å². The molecule has 1 aromatic rings. The Morgan fingerprint density at radius 1 is 1.26 bits per heavy atom. The molecule has 0 aromatic heterocycles. The molecule has 1 fully saturated rings. The van der Waals surface area contributed by atoms with Gasteiger partial charge in [-0.15, -0.1) is 0 Å². The summed E-state index contributed by atoms with van der Waals surface area (Å²) in [7, 11) is 0. The Morgan fingerprint density at radius 3 is 2.43 bits per heavy atom. The molecule has 0 bridgehead atoms. The van der Waals surface area contributed by atoms with E-state index in [-0.39, 0.29) is 5.91 Å². The highest BCUT2D eigenvalue weighted by atomic mass is 19.4.